The molecular formula is C39H43BINO7SSi. The fraction of sp³-hybridized carbons (Fsp3) is 0.308. The molecule has 1 aromatic heterocycles. The summed E-state index contributed by atoms with van der Waals surface area (Å²) in [6, 6.07) is 29.9. The van der Waals surface area contributed by atoms with Crippen molar-refractivity contribution < 1.29 is 32.4 Å². The summed E-state index contributed by atoms with van der Waals surface area (Å²) in [5, 5.41) is 22.4. The molecule has 51 heavy (non-hydrogen) atoms. The Kier molecular flexibility index (Phi) is 11.3. The van der Waals surface area contributed by atoms with E-state index >= 15 is 0 Å². The second-order valence-electron chi connectivity index (χ2n) is 14.1. The molecule has 2 atom stereocenters. The molecule has 4 aromatic rings. The van der Waals surface area contributed by atoms with Gasteiger partial charge in [0, 0.05) is 12.5 Å². The van der Waals surface area contributed by atoms with Crippen molar-refractivity contribution in [1.29, 1.82) is 0 Å². The summed E-state index contributed by atoms with van der Waals surface area (Å²) >= 11 is 2.07. The van der Waals surface area contributed by atoms with Gasteiger partial charge in [-0.1, -0.05) is 87.5 Å². The maximum atomic E-state index is 13.8. The quantitative estimate of drug-likeness (QED) is 0.103. The molecule has 0 unspecified atom stereocenters. The predicted molar refractivity (Wildman–Crippen MR) is 215 cm³/mol. The lowest BCUT2D eigenvalue weighted by molar-refractivity contribution is 0.170. The number of halogens is 1. The van der Waals surface area contributed by atoms with E-state index in [1.54, 1.807) is 12.3 Å². The molecule has 0 amide bonds. The van der Waals surface area contributed by atoms with Crippen LogP contribution in [0.5, 0.6) is 11.5 Å². The highest BCUT2D eigenvalue weighted by molar-refractivity contribution is 14.1. The first-order valence-electron chi connectivity index (χ1n) is 17.0. The third kappa shape index (κ3) is 7.77. The number of aromatic nitrogens is 1. The van der Waals surface area contributed by atoms with Gasteiger partial charge in [-0.15, -0.1) is 0 Å². The Morgan fingerprint density at radius 3 is 2.27 bits per heavy atom. The van der Waals surface area contributed by atoms with Gasteiger partial charge < -0.3 is 23.9 Å². The molecule has 266 valence electrons. The van der Waals surface area contributed by atoms with Gasteiger partial charge in [-0.2, -0.15) is 0 Å². The van der Waals surface area contributed by atoms with Crippen molar-refractivity contribution in [2.45, 2.75) is 56.3 Å². The number of hydrogen-bond acceptors (Lipinski definition) is 8. The number of pyridine rings is 1. The van der Waals surface area contributed by atoms with Gasteiger partial charge in [-0.3, -0.25) is 4.98 Å². The monoisotopic (exact) mass is 835 g/mol. The first kappa shape index (κ1) is 37.5. The summed E-state index contributed by atoms with van der Waals surface area (Å²) in [5.74, 6) is 0.307. The average molecular weight is 836 g/mol. The van der Waals surface area contributed by atoms with Gasteiger partial charge in [0.15, 0.2) is 21.3 Å². The highest BCUT2D eigenvalue weighted by Gasteiger charge is 2.52. The molecule has 1 saturated heterocycles. The zero-order valence-corrected chi connectivity index (χ0v) is 33.2. The molecule has 0 bridgehead atoms. The van der Waals surface area contributed by atoms with Crippen LogP contribution in [0.25, 0.3) is 11.6 Å². The second-order valence-corrected chi connectivity index (χ2v) is 21.7. The number of rotatable bonds is 11. The van der Waals surface area contributed by atoms with Crippen LogP contribution in [0.1, 0.15) is 44.9 Å². The number of phenolic OH excluding ortho intramolecular Hbond substituents is 1. The summed E-state index contributed by atoms with van der Waals surface area (Å²) < 4.78 is 47.0. The third-order valence-electron chi connectivity index (χ3n) is 9.81. The van der Waals surface area contributed by atoms with Crippen molar-refractivity contribution in [3.05, 3.63) is 123 Å². The number of sulfone groups is 1. The third-order valence-corrected chi connectivity index (χ3v) is 17.7. The SMILES string of the molecule is COc1cc(/C=C(/CC[C@H]2OB(O)C[C@H]3C2=C(CO[Si](c2ccccc2)(c2ccccc2)C(C)(C)C)CS3(=O)=O)c2ccccn2)cc(I)c1O. The van der Waals surface area contributed by atoms with Crippen LogP contribution in [0.4, 0.5) is 0 Å². The number of nitrogens with zero attached hydrogens (tertiary/aromatic N) is 1. The molecule has 0 radical (unpaired) electrons. The molecule has 3 heterocycles. The number of benzene rings is 3. The molecule has 0 saturated carbocycles. The van der Waals surface area contributed by atoms with Crippen LogP contribution in [-0.2, 0) is 18.9 Å². The van der Waals surface area contributed by atoms with Crippen LogP contribution in [0.15, 0.2) is 108 Å². The van der Waals surface area contributed by atoms with Gasteiger partial charge in [-0.25, -0.2) is 8.42 Å². The molecule has 2 N–H and O–H groups in total. The molecular weight excluding hydrogens is 792 g/mol. The molecule has 0 aliphatic carbocycles. The first-order valence-corrected chi connectivity index (χ1v) is 21.7. The molecule has 0 spiro atoms. The van der Waals surface area contributed by atoms with Gasteiger partial charge in [-0.05, 0) is 103 Å². The lowest BCUT2D eigenvalue weighted by Gasteiger charge is -2.43. The molecule has 6 rings (SSSR count). The van der Waals surface area contributed by atoms with Gasteiger partial charge in [0.2, 0.25) is 0 Å². The Morgan fingerprint density at radius 2 is 1.69 bits per heavy atom. The summed E-state index contributed by atoms with van der Waals surface area (Å²) in [6.07, 6.45) is 3.97. The van der Waals surface area contributed by atoms with Gasteiger partial charge in [0.25, 0.3) is 8.32 Å². The normalized spacial score (nSPS) is 19.3. The van der Waals surface area contributed by atoms with Crippen LogP contribution in [0.3, 0.4) is 0 Å². The summed E-state index contributed by atoms with van der Waals surface area (Å²) in [7, 11) is -6.25. The Hall–Kier alpha value is -3.27. The number of allylic oxidation sites excluding steroid dienone is 1. The van der Waals surface area contributed by atoms with E-state index in [2.05, 4.69) is 72.6 Å². The van der Waals surface area contributed by atoms with Crippen LogP contribution >= 0.6 is 22.6 Å². The topological polar surface area (TPSA) is 115 Å². The number of phenols is 1. The predicted octanol–water partition coefficient (Wildman–Crippen LogP) is 6.27. The van der Waals surface area contributed by atoms with Crippen molar-refractivity contribution in [3.63, 3.8) is 0 Å². The van der Waals surface area contributed by atoms with E-state index < -0.39 is 36.6 Å². The molecule has 8 nitrogen and oxygen atoms in total. The van der Waals surface area contributed by atoms with E-state index in [1.807, 2.05) is 66.7 Å². The average Bonchev–Trinajstić information content (AvgIpc) is 3.37. The second kappa shape index (κ2) is 15.4. The maximum absolute atomic E-state index is 13.8. The summed E-state index contributed by atoms with van der Waals surface area (Å²) in [4.78, 5) is 4.61. The zero-order valence-electron chi connectivity index (χ0n) is 29.3. The summed E-state index contributed by atoms with van der Waals surface area (Å²) in [5.41, 5.74) is 3.89. The van der Waals surface area contributed by atoms with E-state index in [4.69, 9.17) is 13.8 Å². The minimum Gasteiger partial charge on any atom is -0.504 e. The highest BCUT2D eigenvalue weighted by Crippen LogP contribution is 2.43. The first-order chi connectivity index (χ1) is 24.3. The number of ether oxygens (including phenoxy) is 1. The van der Waals surface area contributed by atoms with Crippen molar-refractivity contribution in [2.75, 3.05) is 19.5 Å². The maximum Gasteiger partial charge on any atom is 0.456 e. The van der Waals surface area contributed by atoms with E-state index in [1.165, 1.54) is 7.11 Å². The Balaban J connectivity index is 1.38. The smallest absolute Gasteiger partial charge is 0.456 e. The molecule has 3 aromatic carbocycles. The van der Waals surface area contributed by atoms with Crippen LogP contribution in [0.2, 0.25) is 11.4 Å². The van der Waals surface area contributed by atoms with Crippen molar-refractivity contribution in [3.8, 4) is 11.5 Å². The van der Waals surface area contributed by atoms with Crippen molar-refractivity contribution in [2.24, 2.45) is 0 Å². The molecule has 1 fully saturated rings. The van der Waals surface area contributed by atoms with Crippen molar-refractivity contribution in [1.82, 2.24) is 4.98 Å². The summed E-state index contributed by atoms with van der Waals surface area (Å²) in [6.45, 7) is 6.74. The van der Waals surface area contributed by atoms with Gasteiger partial charge in [0.1, 0.15) is 0 Å². The Morgan fingerprint density at radius 1 is 1.04 bits per heavy atom. The number of hydrogen-bond donors (Lipinski definition) is 2. The van der Waals surface area contributed by atoms with E-state index in [0.717, 1.165) is 27.2 Å². The van der Waals surface area contributed by atoms with Crippen LogP contribution in [0, 0.1) is 3.57 Å². The number of methoxy groups -OCH3 is 1. The standard InChI is InChI=1S/C39H43BINO7SSi/c1-39(2,3)51(30-13-7-5-8-14-30,31-15-9-6-10-16-31)48-25-29-26-50(45,46)36-24-40(44)49-34(37(29)36)19-18-28(33-17-11-12-20-42-33)21-27-22-32(41)38(43)35(23-27)47-4/h5-17,20-23,34,36,43-44H,18-19,24-26H2,1-4H3/b28-21-/t34-,36+/m1/s1. The lowest BCUT2D eigenvalue weighted by Crippen LogP contribution is -2.66. The van der Waals surface area contributed by atoms with Crippen LogP contribution in [-0.4, -0.2) is 69.8 Å². The minimum absolute atomic E-state index is 0.00838. The van der Waals surface area contributed by atoms with E-state index in [-0.39, 0.29) is 29.5 Å². The number of fused-ring (bicyclic) bond motifs is 1. The lowest BCUT2D eigenvalue weighted by atomic mass is 9.74. The van der Waals surface area contributed by atoms with Gasteiger partial charge in [0.05, 0.1) is 40.1 Å². The Bertz CT molecular complexity index is 1980. The van der Waals surface area contributed by atoms with Gasteiger partial charge >= 0.3 is 7.12 Å². The van der Waals surface area contributed by atoms with Crippen molar-refractivity contribution >= 4 is 69.9 Å². The minimum atomic E-state index is -3.59. The largest absolute Gasteiger partial charge is 0.504 e. The van der Waals surface area contributed by atoms with E-state index in [0.29, 0.717) is 33.3 Å². The number of aromatic hydroxyl groups is 1. The fourth-order valence-electron chi connectivity index (χ4n) is 7.51. The van der Waals surface area contributed by atoms with E-state index in [9.17, 15) is 18.5 Å². The molecule has 2 aliphatic heterocycles. The fourth-order valence-corrected chi connectivity index (χ4v) is 14.8. The molecule has 2 aliphatic rings. The molecule has 12 heteroatoms. The Labute approximate surface area is 315 Å². The highest BCUT2D eigenvalue weighted by atomic mass is 127. The zero-order chi connectivity index (χ0) is 36.4. The van der Waals surface area contributed by atoms with Crippen LogP contribution < -0.4 is 15.1 Å².